The van der Waals surface area contributed by atoms with Crippen LogP contribution in [0.25, 0.3) is 16.9 Å². The summed E-state index contributed by atoms with van der Waals surface area (Å²) < 4.78 is 1.69. The Balaban J connectivity index is 2.23. The molecule has 0 aliphatic heterocycles. The summed E-state index contributed by atoms with van der Waals surface area (Å²) in [6.07, 6.45) is 0.761. The van der Waals surface area contributed by atoms with Crippen LogP contribution < -0.4 is 5.56 Å². The van der Waals surface area contributed by atoms with Gasteiger partial charge in [0.1, 0.15) is 0 Å². The first-order chi connectivity index (χ1) is 11.9. The average molecular weight is 334 g/mol. The van der Waals surface area contributed by atoms with Gasteiger partial charge in [-0.3, -0.25) is 9.89 Å². The van der Waals surface area contributed by atoms with Gasteiger partial charge in [0.05, 0.1) is 11.4 Å². The van der Waals surface area contributed by atoms with Crippen molar-refractivity contribution < 1.29 is 0 Å². The van der Waals surface area contributed by atoms with Gasteiger partial charge >= 0.3 is 0 Å². The minimum absolute atomic E-state index is 0.0511. The van der Waals surface area contributed by atoms with Gasteiger partial charge < -0.3 is 0 Å². The van der Waals surface area contributed by atoms with Gasteiger partial charge in [0.15, 0.2) is 0 Å². The first kappa shape index (κ1) is 17.3. The van der Waals surface area contributed by atoms with Crippen LogP contribution in [0.2, 0.25) is 0 Å². The molecule has 0 unspecified atom stereocenters. The Bertz CT molecular complexity index is 960. The van der Waals surface area contributed by atoms with E-state index in [1.165, 1.54) is 16.7 Å². The Morgan fingerprint density at radius 1 is 0.960 bits per heavy atom. The summed E-state index contributed by atoms with van der Waals surface area (Å²) in [5.74, 6) is 0.416. The number of H-pyrrole nitrogens is 1. The van der Waals surface area contributed by atoms with Crippen LogP contribution in [0, 0.1) is 26.7 Å². The molecular weight excluding hydrogens is 308 g/mol. The zero-order valence-electron chi connectivity index (χ0n) is 15.7. The Labute approximate surface area is 149 Å². The highest BCUT2D eigenvalue weighted by atomic mass is 16.1. The third-order valence-corrected chi connectivity index (χ3v) is 4.76. The van der Waals surface area contributed by atoms with Crippen LogP contribution in [0.5, 0.6) is 0 Å². The lowest BCUT2D eigenvalue weighted by Crippen LogP contribution is -2.18. The van der Waals surface area contributed by atoms with E-state index in [-0.39, 0.29) is 5.56 Å². The molecule has 1 aromatic heterocycles. The number of aromatic amines is 1. The molecule has 3 nitrogen and oxygen atoms in total. The van der Waals surface area contributed by atoms with E-state index < -0.39 is 0 Å². The fraction of sp³-hybridized carbons (Fsp3) is 0.318. The highest BCUT2D eigenvalue weighted by molar-refractivity contribution is 5.67. The fourth-order valence-electron chi connectivity index (χ4n) is 3.19. The molecule has 0 saturated carbocycles. The van der Waals surface area contributed by atoms with Gasteiger partial charge in [0.25, 0.3) is 5.56 Å². The number of rotatable bonds is 4. The Morgan fingerprint density at radius 2 is 1.68 bits per heavy atom. The average Bonchev–Trinajstić information content (AvgIpc) is 2.87. The number of hydrogen-bond donors (Lipinski definition) is 1. The summed E-state index contributed by atoms with van der Waals surface area (Å²) in [5, 5.41) is 3.38. The summed E-state index contributed by atoms with van der Waals surface area (Å²) in [7, 11) is 0. The fourth-order valence-corrected chi connectivity index (χ4v) is 3.19. The number of nitrogens with one attached hydrogen (secondary N) is 1. The Kier molecular flexibility index (Phi) is 4.67. The van der Waals surface area contributed by atoms with E-state index in [4.69, 9.17) is 0 Å². The van der Waals surface area contributed by atoms with E-state index in [2.05, 4.69) is 64.0 Å². The van der Waals surface area contributed by atoms with Gasteiger partial charge in [0, 0.05) is 11.1 Å². The van der Waals surface area contributed by atoms with E-state index in [1.807, 2.05) is 18.2 Å². The van der Waals surface area contributed by atoms with Crippen molar-refractivity contribution in [2.24, 2.45) is 5.92 Å². The highest BCUT2D eigenvalue weighted by Gasteiger charge is 2.19. The monoisotopic (exact) mass is 334 g/mol. The second-order valence-electron chi connectivity index (χ2n) is 7.29. The zero-order valence-corrected chi connectivity index (χ0v) is 15.7. The second kappa shape index (κ2) is 6.75. The molecule has 3 heteroatoms. The van der Waals surface area contributed by atoms with Crippen molar-refractivity contribution in [3.8, 4) is 16.9 Å². The van der Waals surface area contributed by atoms with E-state index in [1.54, 1.807) is 4.68 Å². The predicted octanol–water partition coefficient (Wildman–Crippen LogP) is 4.96. The van der Waals surface area contributed by atoms with E-state index in [0.717, 1.165) is 28.9 Å². The molecule has 130 valence electrons. The van der Waals surface area contributed by atoms with Crippen LogP contribution in [0.4, 0.5) is 0 Å². The second-order valence-corrected chi connectivity index (χ2v) is 7.29. The van der Waals surface area contributed by atoms with Crippen molar-refractivity contribution in [1.29, 1.82) is 0 Å². The molecular formula is C22H26N2O. The maximum atomic E-state index is 13.1. The maximum Gasteiger partial charge on any atom is 0.275 e. The van der Waals surface area contributed by atoms with E-state index in [0.29, 0.717) is 5.92 Å². The van der Waals surface area contributed by atoms with E-state index >= 15 is 0 Å². The summed E-state index contributed by atoms with van der Waals surface area (Å²) in [6.45, 7) is 10.5. The zero-order chi connectivity index (χ0) is 18.1. The minimum Gasteiger partial charge on any atom is -0.290 e. The molecule has 25 heavy (non-hydrogen) atoms. The minimum atomic E-state index is 0.0511. The quantitative estimate of drug-likeness (QED) is 0.720. The van der Waals surface area contributed by atoms with Crippen molar-refractivity contribution in [2.75, 3.05) is 0 Å². The van der Waals surface area contributed by atoms with Crippen LogP contribution in [-0.2, 0) is 6.42 Å². The molecule has 1 heterocycles. The van der Waals surface area contributed by atoms with Crippen molar-refractivity contribution in [1.82, 2.24) is 9.78 Å². The molecule has 0 aliphatic rings. The van der Waals surface area contributed by atoms with Crippen molar-refractivity contribution in [2.45, 2.75) is 41.0 Å². The molecule has 0 radical (unpaired) electrons. The lowest BCUT2D eigenvalue weighted by molar-refractivity contribution is 0.644. The van der Waals surface area contributed by atoms with Gasteiger partial charge in [-0.1, -0.05) is 44.2 Å². The lowest BCUT2D eigenvalue weighted by atomic mass is 9.97. The smallest absolute Gasteiger partial charge is 0.275 e. The van der Waals surface area contributed by atoms with Gasteiger partial charge in [-0.15, -0.1) is 0 Å². The normalized spacial score (nSPS) is 11.3. The molecule has 0 fully saturated rings. The van der Waals surface area contributed by atoms with Gasteiger partial charge in [-0.05, 0) is 61.9 Å². The number of aromatic nitrogens is 2. The first-order valence-electron chi connectivity index (χ1n) is 8.86. The third kappa shape index (κ3) is 3.32. The molecule has 0 amide bonds. The van der Waals surface area contributed by atoms with E-state index in [9.17, 15) is 4.79 Å². The SMILES string of the molecule is Cc1ccc(-n2[nH]c(-c3ccccc3C)c(CC(C)C)c2=O)cc1C. The highest BCUT2D eigenvalue weighted by Crippen LogP contribution is 2.26. The third-order valence-electron chi connectivity index (χ3n) is 4.76. The van der Waals surface area contributed by atoms with Crippen LogP contribution in [0.3, 0.4) is 0 Å². The topological polar surface area (TPSA) is 37.8 Å². The molecule has 2 aromatic carbocycles. The molecule has 0 aliphatic carbocycles. The standard InChI is InChI=1S/C22H26N2O/c1-14(2)12-20-21(19-9-7-6-8-16(19)4)23-24(22(20)25)18-11-10-15(3)17(5)13-18/h6-11,13-14,23H,12H2,1-5H3. The molecule has 0 atom stereocenters. The van der Waals surface area contributed by atoms with Crippen molar-refractivity contribution in [3.05, 3.63) is 75.1 Å². The molecule has 3 aromatic rings. The van der Waals surface area contributed by atoms with Crippen LogP contribution in [0.1, 0.15) is 36.1 Å². The Morgan fingerprint density at radius 3 is 2.32 bits per heavy atom. The largest absolute Gasteiger partial charge is 0.290 e. The number of aryl methyl sites for hydroxylation is 3. The number of hydrogen-bond acceptors (Lipinski definition) is 1. The summed E-state index contributed by atoms with van der Waals surface area (Å²) in [6, 6.07) is 14.3. The molecule has 0 saturated heterocycles. The molecule has 1 N–H and O–H groups in total. The number of benzene rings is 2. The molecule has 3 rings (SSSR count). The van der Waals surface area contributed by atoms with Gasteiger partial charge in [0.2, 0.25) is 0 Å². The van der Waals surface area contributed by atoms with Gasteiger partial charge in [-0.2, -0.15) is 0 Å². The van der Waals surface area contributed by atoms with Gasteiger partial charge in [-0.25, -0.2) is 4.68 Å². The first-order valence-corrected chi connectivity index (χ1v) is 8.86. The predicted molar refractivity (Wildman–Crippen MR) is 105 cm³/mol. The van der Waals surface area contributed by atoms with Crippen molar-refractivity contribution >= 4 is 0 Å². The number of nitrogens with zero attached hydrogens (tertiary/aromatic N) is 1. The van der Waals surface area contributed by atoms with Crippen LogP contribution in [0.15, 0.2) is 47.3 Å². The van der Waals surface area contributed by atoms with Crippen LogP contribution >= 0.6 is 0 Å². The summed E-state index contributed by atoms with van der Waals surface area (Å²) in [4.78, 5) is 13.1. The summed E-state index contributed by atoms with van der Waals surface area (Å²) in [5.41, 5.74) is 7.41. The summed E-state index contributed by atoms with van der Waals surface area (Å²) >= 11 is 0. The van der Waals surface area contributed by atoms with Crippen molar-refractivity contribution in [3.63, 3.8) is 0 Å². The van der Waals surface area contributed by atoms with Crippen LogP contribution in [-0.4, -0.2) is 9.78 Å². The lowest BCUT2D eigenvalue weighted by Gasteiger charge is -2.08. The Hall–Kier alpha value is -2.55. The molecule has 0 bridgehead atoms. The molecule has 0 spiro atoms. The maximum absolute atomic E-state index is 13.1.